The van der Waals surface area contributed by atoms with Gasteiger partial charge in [-0.2, -0.15) is 0 Å². The number of hydrogen-bond acceptors (Lipinski definition) is 2. The van der Waals surface area contributed by atoms with Crippen molar-refractivity contribution in [3.05, 3.63) is 44.7 Å². The van der Waals surface area contributed by atoms with Gasteiger partial charge in [-0.25, -0.2) is 0 Å². The zero-order valence-corrected chi connectivity index (χ0v) is 8.59. The Hall–Kier alpha value is -1.09. The summed E-state index contributed by atoms with van der Waals surface area (Å²) in [5.41, 5.74) is 1.69. The average Bonchev–Trinajstić information content (AvgIpc) is 2.12. The SMILES string of the molecule is Cc1ccc2c(=O)c(Br)coc2c1. The molecule has 0 aliphatic rings. The summed E-state index contributed by atoms with van der Waals surface area (Å²) in [6.07, 6.45) is 1.42. The fourth-order valence-electron chi connectivity index (χ4n) is 1.21. The maximum atomic E-state index is 11.5. The molecule has 3 heteroatoms. The number of fused-ring (bicyclic) bond motifs is 1. The van der Waals surface area contributed by atoms with Crippen molar-refractivity contribution in [3.8, 4) is 0 Å². The van der Waals surface area contributed by atoms with Crippen LogP contribution in [0.25, 0.3) is 11.0 Å². The Balaban J connectivity index is 2.95. The molecule has 2 aromatic rings. The van der Waals surface area contributed by atoms with Crippen LogP contribution in [0.2, 0.25) is 0 Å². The van der Waals surface area contributed by atoms with Crippen LogP contribution in [0.3, 0.4) is 0 Å². The number of benzene rings is 1. The molecule has 0 bridgehead atoms. The number of rotatable bonds is 0. The molecule has 0 aliphatic carbocycles. The van der Waals surface area contributed by atoms with Crippen LogP contribution in [-0.2, 0) is 0 Å². The first-order chi connectivity index (χ1) is 6.18. The Labute approximate surface area is 83.3 Å². The Morgan fingerprint density at radius 3 is 2.92 bits per heavy atom. The summed E-state index contributed by atoms with van der Waals surface area (Å²) in [6.45, 7) is 1.96. The van der Waals surface area contributed by atoms with Gasteiger partial charge in [0.1, 0.15) is 16.3 Å². The van der Waals surface area contributed by atoms with E-state index in [4.69, 9.17) is 4.42 Å². The van der Waals surface area contributed by atoms with Gasteiger partial charge in [-0.3, -0.25) is 4.79 Å². The fraction of sp³-hybridized carbons (Fsp3) is 0.100. The summed E-state index contributed by atoms with van der Waals surface area (Å²) in [5.74, 6) is 0. The van der Waals surface area contributed by atoms with E-state index in [0.29, 0.717) is 15.4 Å². The van der Waals surface area contributed by atoms with E-state index in [0.717, 1.165) is 5.56 Å². The highest BCUT2D eigenvalue weighted by molar-refractivity contribution is 9.10. The molecule has 0 spiro atoms. The first-order valence-corrected chi connectivity index (χ1v) is 4.65. The molecular formula is C10H7BrO2. The van der Waals surface area contributed by atoms with Crippen molar-refractivity contribution in [1.82, 2.24) is 0 Å². The quantitative estimate of drug-likeness (QED) is 0.707. The summed E-state index contributed by atoms with van der Waals surface area (Å²) in [4.78, 5) is 11.5. The molecule has 0 atom stereocenters. The van der Waals surface area contributed by atoms with Crippen LogP contribution in [0.15, 0.2) is 38.1 Å². The van der Waals surface area contributed by atoms with E-state index in [1.807, 2.05) is 19.1 Å². The highest BCUT2D eigenvalue weighted by Crippen LogP contribution is 2.15. The Kier molecular flexibility index (Phi) is 1.96. The lowest BCUT2D eigenvalue weighted by Crippen LogP contribution is -2.01. The first kappa shape index (κ1) is 8.51. The average molecular weight is 239 g/mol. The number of hydrogen-bond donors (Lipinski definition) is 0. The Morgan fingerprint density at radius 2 is 2.15 bits per heavy atom. The van der Waals surface area contributed by atoms with E-state index in [1.54, 1.807) is 6.07 Å². The first-order valence-electron chi connectivity index (χ1n) is 3.86. The van der Waals surface area contributed by atoms with E-state index >= 15 is 0 Å². The lowest BCUT2D eigenvalue weighted by molar-refractivity contribution is 0.598. The van der Waals surface area contributed by atoms with Crippen molar-refractivity contribution >= 4 is 26.9 Å². The second kappa shape index (κ2) is 3.00. The zero-order chi connectivity index (χ0) is 9.42. The molecule has 1 aromatic heterocycles. The predicted octanol–water partition coefficient (Wildman–Crippen LogP) is 2.86. The van der Waals surface area contributed by atoms with Gasteiger partial charge in [0, 0.05) is 0 Å². The van der Waals surface area contributed by atoms with Gasteiger partial charge in [0.05, 0.1) is 5.39 Å². The topological polar surface area (TPSA) is 30.2 Å². The smallest absolute Gasteiger partial charge is 0.206 e. The Bertz CT molecular complexity index is 514. The number of aryl methyl sites for hydroxylation is 1. The molecule has 0 aliphatic heterocycles. The van der Waals surface area contributed by atoms with Crippen molar-refractivity contribution in [2.45, 2.75) is 6.92 Å². The van der Waals surface area contributed by atoms with E-state index in [1.165, 1.54) is 6.26 Å². The summed E-state index contributed by atoms with van der Waals surface area (Å²) in [7, 11) is 0. The maximum Gasteiger partial charge on any atom is 0.206 e. The highest BCUT2D eigenvalue weighted by Gasteiger charge is 2.03. The summed E-state index contributed by atoms with van der Waals surface area (Å²) >= 11 is 3.13. The molecule has 0 amide bonds. The van der Waals surface area contributed by atoms with Gasteiger partial charge >= 0.3 is 0 Å². The monoisotopic (exact) mass is 238 g/mol. The second-order valence-corrected chi connectivity index (χ2v) is 3.77. The molecule has 0 N–H and O–H groups in total. The molecule has 0 radical (unpaired) electrons. The van der Waals surface area contributed by atoms with Crippen LogP contribution in [0.1, 0.15) is 5.56 Å². The molecule has 1 aromatic carbocycles. The third-order valence-corrected chi connectivity index (χ3v) is 2.44. The molecule has 2 nitrogen and oxygen atoms in total. The van der Waals surface area contributed by atoms with E-state index in [2.05, 4.69) is 15.9 Å². The standard InChI is InChI=1S/C10H7BrO2/c1-6-2-3-7-9(4-6)13-5-8(11)10(7)12/h2-5H,1H3. The van der Waals surface area contributed by atoms with Gasteiger partial charge in [0.25, 0.3) is 0 Å². The third-order valence-electron chi connectivity index (χ3n) is 1.89. The van der Waals surface area contributed by atoms with Crippen LogP contribution in [0, 0.1) is 6.92 Å². The van der Waals surface area contributed by atoms with Gasteiger partial charge in [-0.1, -0.05) is 6.07 Å². The van der Waals surface area contributed by atoms with Gasteiger partial charge in [-0.05, 0) is 40.5 Å². The van der Waals surface area contributed by atoms with E-state index in [9.17, 15) is 4.79 Å². The maximum absolute atomic E-state index is 11.5. The van der Waals surface area contributed by atoms with Crippen LogP contribution >= 0.6 is 15.9 Å². The van der Waals surface area contributed by atoms with Crippen LogP contribution < -0.4 is 5.43 Å². The molecule has 66 valence electrons. The molecular weight excluding hydrogens is 232 g/mol. The van der Waals surface area contributed by atoms with Gasteiger partial charge in [0.15, 0.2) is 0 Å². The van der Waals surface area contributed by atoms with Crippen LogP contribution in [0.5, 0.6) is 0 Å². The predicted molar refractivity (Wildman–Crippen MR) is 54.9 cm³/mol. The van der Waals surface area contributed by atoms with Crippen molar-refractivity contribution in [1.29, 1.82) is 0 Å². The third kappa shape index (κ3) is 1.40. The minimum absolute atomic E-state index is 0.0266. The molecule has 13 heavy (non-hydrogen) atoms. The zero-order valence-electron chi connectivity index (χ0n) is 7.00. The highest BCUT2D eigenvalue weighted by atomic mass is 79.9. The summed E-state index contributed by atoms with van der Waals surface area (Å²) in [6, 6.07) is 5.52. The molecule has 2 rings (SSSR count). The minimum atomic E-state index is -0.0266. The van der Waals surface area contributed by atoms with Crippen molar-refractivity contribution in [3.63, 3.8) is 0 Å². The lowest BCUT2D eigenvalue weighted by atomic mass is 10.2. The summed E-state index contributed by atoms with van der Waals surface area (Å²) < 4.78 is 5.72. The van der Waals surface area contributed by atoms with Crippen LogP contribution in [-0.4, -0.2) is 0 Å². The van der Waals surface area contributed by atoms with Gasteiger partial charge in [0.2, 0.25) is 5.43 Å². The fourth-order valence-corrected chi connectivity index (χ4v) is 1.52. The van der Waals surface area contributed by atoms with Crippen molar-refractivity contribution in [2.75, 3.05) is 0 Å². The van der Waals surface area contributed by atoms with E-state index in [-0.39, 0.29) is 5.43 Å². The minimum Gasteiger partial charge on any atom is -0.463 e. The van der Waals surface area contributed by atoms with Crippen molar-refractivity contribution < 1.29 is 4.42 Å². The molecule has 0 unspecified atom stereocenters. The largest absolute Gasteiger partial charge is 0.463 e. The van der Waals surface area contributed by atoms with Gasteiger partial charge in [-0.15, -0.1) is 0 Å². The molecule has 1 heterocycles. The normalized spacial score (nSPS) is 10.6. The van der Waals surface area contributed by atoms with Crippen LogP contribution in [0.4, 0.5) is 0 Å². The second-order valence-electron chi connectivity index (χ2n) is 2.91. The molecule has 0 fully saturated rings. The number of halogens is 1. The lowest BCUT2D eigenvalue weighted by Gasteiger charge is -1.97. The molecule has 0 saturated carbocycles. The van der Waals surface area contributed by atoms with Crippen molar-refractivity contribution in [2.24, 2.45) is 0 Å². The Morgan fingerprint density at radius 1 is 1.38 bits per heavy atom. The van der Waals surface area contributed by atoms with E-state index < -0.39 is 0 Å². The molecule has 0 saturated heterocycles. The summed E-state index contributed by atoms with van der Waals surface area (Å²) in [5, 5.41) is 0.611. The van der Waals surface area contributed by atoms with Gasteiger partial charge < -0.3 is 4.42 Å².